The Morgan fingerprint density at radius 3 is 1.71 bits per heavy atom. The van der Waals surface area contributed by atoms with Crippen LogP contribution in [0.2, 0.25) is 0 Å². The topological polar surface area (TPSA) is 149 Å². The van der Waals surface area contributed by atoms with Crippen molar-refractivity contribution in [1.29, 1.82) is 0 Å². The Bertz CT molecular complexity index is 550. The van der Waals surface area contributed by atoms with Crippen LogP contribution in [0.4, 0.5) is 0 Å². The molecule has 0 bridgehead atoms. The summed E-state index contributed by atoms with van der Waals surface area (Å²) >= 11 is 0. The molecule has 2 fully saturated rings. The summed E-state index contributed by atoms with van der Waals surface area (Å²) < 4.78 is 0. The van der Waals surface area contributed by atoms with Crippen molar-refractivity contribution in [2.75, 3.05) is 0 Å². The van der Waals surface area contributed by atoms with Crippen molar-refractivity contribution in [1.82, 2.24) is 0 Å². The van der Waals surface area contributed by atoms with Crippen molar-refractivity contribution in [3.63, 3.8) is 0 Å². The molecule has 24 heavy (non-hydrogen) atoms. The fraction of sp³-hybridized carbons (Fsp3) is 0.750. The average molecular weight is 342 g/mol. The van der Waals surface area contributed by atoms with Crippen molar-refractivity contribution in [3.8, 4) is 0 Å². The van der Waals surface area contributed by atoms with Gasteiger partial charge in [-0.25, -0.2) is 0 Å². The molecule has 0 amide bonds. The zero-order valence-corrected chi connectivity index (χ0v) is 13.2. The van der Waals surface area contributed by atoms with Crippen molar-refractivity contribution < 1.29 is 39.6 Å². The van der Waals surface area contributed by atoms with E-state index in [9.17, 15) is 39.6 Å². The van der Waals surface area contributed by atoms with Gasteiger partial charge in [-0.2, -0.15) is 0 Å². The number of aliphatic carboxylic acids is 4. The zero-order chi connectivity index (χ0) is 18.1. The van der Waals surface area contributed by atoms with E-state index in [0.29, 0.717) is 12.8 Å². The predicted molar refractivity (Wildman–Crippen MR) is 79.3 cm³/mol. The monoisotopic (exact) mass is 342 g/mol. The average Bonchev–Trinajstić information content (AvgIpc) is 2.53. The van der Waals surface area contributed by atoms with E-state index in [2.05, 4.69) is 0 Å². The van der Waals surface area contributed by atoms with E-state index in [1.54, 1.807) is 0 Å². The highest BCUT2D eigenvalue weighted by Gasteiger charge is 2.61. The Balaban J connectivity index is 2.52. The third-order valence-corrected chi connectivity index (χ3v) is 5.82. The molecule has 0 saturated heterocycles. The van der Waals surface area contributed by atoms with Gasteiger partial charge in [-0.1, -0.05) is 19.3 Å². The molecule has 0 radical (unpaired) electrons. The summed E-state index contributed by atoms with van der Waals surface area (Å²) in [6.07, 6.45) is 2.61. The Morgan fingerprint density at radius 1 is 0.750 bits per heavy atom. The highest BCUT2D eigenvalue weighted by molar-refractivity contribution is 5.88. The van der Waals surface area contributed by atoms with Crippen molar-refractivity contribution in [2.45, 2.75) is 44.9 Å². The normalized spacial score (nSPS) is 34.4. The first-order valence-electron chi connectivity index (χ1n) is 8.13. The Hall–Kier alpha value is -2.12. The molecule has 0 heterocycles. The first-order valence-corrected chi connectivity index (χ1v) is 8.13. The van der Waals surface area contributed by atoms with Crippen LogP contribution in [0, 0.1) is 29.1 Å². The smallest absolute Gasteiger partial charge is 0.310 e. The quantitative estimate of drug-likeness (QED) is 0.587. The molecule has 0 aromatic carbocycles. The summed E-state index contributed by atoms with van der Waals surface area (Å²) in [4.78, 5) is 46.8. The molecule has 2 aliphatic rings. The van der Waals surface area contributed by atoms with Crippen LogP contribution in [0.25, 0.3) is 0 Å². The highest BCUT2D eigenvalue weighted by atomic mass is 16.4. The van der Waals surface area contributed by atoms with Gasteiger partial charge in [-0.15, -0.1) is 0 Å². The summed E-state index contributed by atoms with van der Waals surface area (Å²) in [6, 6.07) is 0. The molecule has 8 heteroatoms. The minimum absolute atomic E-state index is 0.443. The predicted octanol–water partition coefficient (Wildman–Crippen LogP) is 1.53. The van der Waals surface area contributed by atoms with Gasteiger partial charge in [-0.05, 0) is 31.6 Å². The van der Waals surface area contributed by atoms with E-state index in [-0.39, 0.29) is 0 Å². The van der Waals surface area contributed by atoms with Gasteiger partial charge in [0.25, 0.3) is 0 Å². The number of hydrogen-bond donors (Lipinski definition) is 4. The lowest BCUT2D eigenvalue weighted by atomic mass is 9.52. The molecule has 0 aliphatic heterocycles. The number of hydrogen-bond acceptors (Lipinski definition) is 4. The van der Waals surface area contributed by atoms with Crippen LogP contribution in [0.15, 0.2) is 0 Å². The molecule has 0 aromatic heterocycles. The molecule has 4 unspecified atom stereocenters. The summed E-state index contributed by atoms with van der Waals surface area (Å²) in [6.45, 7) is 0. The third kappa shape index (κ3) is 2.97. The summed E-state index contributed by atoms with van der Waals surface area (Å²) in [5.74, 6) is -10.1. The lowest BCUT2D eigenvalue weighted by Crippen LogP contribution is -2.56. The molecular weight excluding hydrogens is 320 g/mol. The van der Waals surface area contributed by atoms with E-state index in [1.807, 2.05) is 0 Å². The van der Waals surface area contributed by atoms with Gasteiger partial charge in [0.05, 0.1) is 23.2 Å². The largest absolute Gasteiger partial charge is 0.481 e. The number of carboxylic acids is 4. The van der Waals surface area contributed by atoms with E-state index in [0.717, 1.165) is 19.3 Å². The van der Waals surface area contributed by atoms with Gasteiger partial charge in [0.2, 0.25) is 0 Å². The van der Waals surface area contributed by atoms with Gasteiger partial charge in [0, 0.05) is 0 Å². The Morgan fingerprint density at radius 2 is 1.29 bits per heavy atom. The van der Waals surface area contributed by atoms with Crippen LogP contribution in [0.3, 0.4) is 0 Å². The summed E-state index contributed by atoms with van der Waals surface area (Å²) in [5, 5.41) is 38.1. The lowest BCUT2D eigenvalue weighted by molar-refractivity contribution is -0.185. The van der Waals surface area contributed by atoms with Crippen LogP contribution in [-0.2, 0) is 19.2 Å². The van der Waals surface area contributed by atoms with Crippen LogP contribution in [0.5, 0.6) is 0 Å². The van der Waals surface area contributed by atoms with Gasteiger partial charge >= 0.3 is 23.9 Å². The Kier molecular flexibility index (Phi) is 5.15. The van der Waals surface area contributed by atoms with Crippen molar-refractivity contribution in [3.05, 3.63) is 0 Å². The minimum Gasteiger partial charge on any atom is -0.481 e. The molecule has 2 saturated carbocycles. The highest BCUT2D eigenvalue weighted by Crippen LogP contribution is 2.55. The van der Waals surface area contributed by atoms with E-state index < -0.39 is 65.8 Å². The third-order valence-electron chi connectivity index (χ3n) is 5.82. The van der Waals surface area contributed by atoms with Crippen LogP contribution >= 0.6 is 0 Å². The maximum atomic E-state index is 12.1. The molecule has 2 rings (SSSR count). The van der Waals surface area contributed by atoms with Crippen LogP contribution in [0.1, 0.15) is 44.9 Å². The molecule has 2 aliphatic carbocycles. The van der Waals surface area contributed by atoms with Crippen LogP contribution < -0.4 is 0 Å². The second-order valence-corrected chi connectivity index (χ2v) is 6.90. The van der Waals surface area contributed by atoms with Crippen LogP contribution in [-0.4, -0.2) is 44.3 Å². The molecule has 0 spiro atoms. The van der Waals surface area contributed by atoms with Gasteiger partial charge in [-0.3, -0.25) is 19.2 Å². The minimum atomic E-state index is -1.72. The lowest BCUT2D eigenvalue weighted by Gasteiger charge is -2.48. The Labute approximate surface area is 138 Å². The standard InChI is InChI=1S/C16H22O8/c17-12(18)9-6-11(14(21)22)16(15(23)24,7-10(9)13(19)20)8-4-2-1-3-5-8/h8-11H,1-7H2,(H,17,18)(H,19,20)(H,21,22)(H,23,24). The molecular formula is C16H22O8. The maximum Gasteiger partial charge on any atom is 0.310 e. The molecule has 134 valence electrons. The summed E-state index contributed by atoms with van der Waals surface area (Å²) in [5.41, 5.74) is -1.72. The SMILES string of the molecule is O=C(O)C1CC(C(=O)O)C(C(=O)O)(C2CCCCC2)CC1C(=O)O. The fourth-order valence-electron chi connectivity index (χ4n) is 4.61. The number of rotatable bonds is 5. The molecule has 8 nitrogen and oxygen atoms in total. The van der Waals surface area contributed by atoms with Crippen molar-refractivity contribution in [2.24, 2.45) is 29.1 Å². The van der Waals surface area contributed by atoms with Gasteiger partial charge < -0.3 is 20.4 Å². The zero-order valence-electron chi connectivity index (χ0n) is 13.2. The summed E-state index contributed by atoms with van der Waals surface area (Å²) in [7, 11) is 0. The van der Waals surface area contributed by atoms with Gasteiger partial charge in [0.1, 0.15) is 0 Å². The maximum absolute atomic E-state index is 12.1. The van der Waals surface area contributed by atoms with Gasteiger partial charge in [0.15, 0.2) is 0 Å². The fourth-order valence-corrected chi connectivity index (χ4v) is 4.61. The molecule has 4 atom stereocenters. The number of carboxylic acid groups (broad SMARTS) is 4. The second-order valence-electron chi connectivity index (χ2n) is 6.90. The van der Waals surface area contributed by atoms with E-state index in [4.69, 9.17) is 0 Å². The van der Waals surface area contributed by atoms with E-state index in [1.165, 1.54) is 0 Å². The first kappa shape index (κ1) is 18.2. The number of carbonyl (C=O) groups is 4. The molecule has 0 aromatic rings. The first-order chi connectivity index (χ1) is 11.2. The molecule has 4 N–H and O–H groups in total. The second kappa shape index (κ2) is 6.78. The van der Waals surface area contributed by atoms with E-state index >= 15 is 0 Å². The van der Waals surface area contributed by atoms with Crippen molar-refractivity contribution >= 4 is 23.9 Å².